The second kappa shape index (κ2) is 13.1. The van der Waals surface area contributed by atoms with Crippen molar-refractivity contribution in [2.75, 3.05) is 6.54 Å². The van der Waals surface area contributed by atoms with Gasteiger partial charge in [0, 0.05) is 6.04 Å². The number of nitrogens with two attached hydrogens (primary N) is 1. The average Bonchev–Trinajstić information content (AvgIpc) is 3.33. The lowest BCUT2D eigenvalue weighted by molar-refractivity contribution is -0.143. The molecule has 2 aromatic carbocycles. The maximum absolute atomic E-state index is 14.1. The third-order valence-electron chi connectivity index (χ3n) is 8.13. The largest absolute Gasteiger partial charge is 0.352 e. The number of benzene rings is 2. The molecule has 0 spiro atoms. The molecular formula is C29H40BN5O3. The van der Waals surface area contributed by atoms with Crippen LogP contribution >= 0.6 is 0 Å². The van der Waals surface area contributed by atoms with Gasteiger partial charge in [-0.15, -0.1) is 0 Å². The molecule has 2 fully saturated rings. The molecule has 2 saturated heterocycles. The molecule has 2 aromatic rings. The summed E-state index contributed by atoms with van der Waals surface area (Å²) in [6.07, 6.45) is 4.23. The van der Waals surface area contributed by atoms with Crippen molar-refractivity contribution in [3.63, 3.8) is 0 Å². The van der Waals surface area contributed by atoms with Gasteiger partial charge in [0.15, 0.2) is 7.98 Å². The van der Waals surface area contributed by atoms with Crippen molar-refractivity contribution in [2.24, 2.45) is 11.7 Å². The Hall–Kier alpha value is -3.17. The number of fused-ring (bicyclic) bond motifs is 1. The van der Waals surface area contributed by atoms with Gasteiger partial charge in [-0.3, -0.25) is 14.4 Å². The predicted molar refractivity (Wildman–Crippen MR) is 151 cm³/mol. The number of amides is 3. The highest BCUT2D eigenvalue weighted by molar-refractivity contribution is 6.07. The van der Waals surface area contributed by atoms with Crippen LogP contribution in [0.25, 0.3) is 0 Å². The van der Waals surface area contributed by atoms with Gasteiger partial charge in [-0.2, -0.15) is 0 Å². The Morgan fingerprint density at radius 2 is 1.61 bits per heavy atom. The van der Waals surface area contributed by atoms with Crippen molar-refractivity contribution >= 4 is 25.7 Å². The average molecular weight is 517 g/mol. The molecule has 8 nitrogen and oxygen atoms in total. The van der Waals surface area contributed by atoms with E-state index >= 15 is 0 Å². The second-order valence-corrected chi connectivity index (χ2v) is 10.4. The molecule has 2 aliphatic rings. The standard InChI is InChI=1S/C29H40BN5O3/c1-2-23(34-30)27(36)33-26-21(17-18-31)13-14-22-15-16-24(35(22)29(26)38)28(37)32-25(19-9-5-3-6-10-19)20-11-7-4-8-12-20/h3-12,21-26,34H,2,13-18,30-31H2,1H3,(H,32,37)(H,33,36)/t21-,22+,23+,24+,26+/m1/s1. The van der Waals surface area contributed by atoms with Gasteiger partial charge >= 0.3 is 0 Å². The van der Waals surface area contributed by atoms with Crippen LogP contribution in [-0.4, -0.2) is 61.3 Å². The van der Waals surface area contributed by atoms with E-state index in [0.717, 1.165) is 30.4 Å². The fourth-order valence-corrected chi connectivity index (χ4v) is 6.06. The molecular weight excluding hydrogens is 477 g/mol. The third-order valence-corrected chi connectivity index (χ3v) is 8.13. The third kappa shape index (κ3) is 6.10. The molecule has 9 heteroatoms. The molecule has 3 amide bonds. The van der Waals surface area contributed by atoms with Gasteiger partial charge in [-0.1, -0.05) is 67.6 Å². The Kier molecular flexibility index (Phi) is 9.58. The number of carbonyl (C=O) groups excluding carboxylic acids is 3. The normalized spacial score (nSPS) is 24.0. The van der Waals surface area contributed by atoms with Crippen LogP contribution in [0.5, 0.6) is 0 Å². The molecule has 5 atom stereocenters. The number of hydrogen-bond acceptors (Lipinski definition) is 5. The summed E-state index contributed by atoms with van der Waals surface area (Å²) in [6, 6.07) is 17.8. The van der Waals surface area contributed by atoms with Gasteiger partial charge in [-0.25, -0.2) is 0 Å². The number of nitrogens with one attached hydrogen (secondary N) is 3. The van der Waals surface area contributed by atoms with E-state index in [4.69, 9.17) is 5.73 Å². The first-order valence-electron chi connectivity index (χ1n) is 13.9. The fraction of sp³-hybridized carbons (Fsp3) is 0.483. The SMILES string of the molecule is BN[C@@H](CC)C(=O)N[C@@H]1C(=O)N2[C@@H](CC[C@@H]1CCN)CC[C@H]2C(=O)NC(c1ccccc1)c1ccccc1. The van der Waals surface area contributed by atoms with Gasteiger partial charge in [0.1, 0.15) is 12.1 Å². The maximum atomic E-state index is 14.1. The Balaban J connectivity index is 1.58. The summed E-state index contributed by atoms with van der Waals surface area (Å²) in [6.45, 7) is 2.37. The van der Waals surface area contributed by atoms with Crippen LogP contribution in [-0.2, 0) is 14.4 Å². The molecule has 0 aliphatic carbocycles. The Morgan fingerprint density at radius 3 is 2.16 bits per heavy atom. The summed E-state index contributed by atoms with van der Waals surface area (Å²) < 4.78 is 0. The molecule has 0 radical (unpaired) electrons. The highest BCUT2D eigenvalue weighted by Gasteiger charge is 2.47. The van der Waals surface area contributed by atoms with Gasteiger partial charge in [-0.05, 0) is 62.1 Å². The van der Waals surface area contributed by atoms with Gasteiger partial charge in [0.25, 0.3) is 0 Å². The van der Waals surface area contributed by atoms with E-state index in [1.54, 1.807) is 12.9 Å². The van der Waals surface area contributed by atoms with Crippen molar-refractivity contribution in [1.82, 2.24) is 20.8 Å². The molecule has 0 unspecified atom stereocenters. The van der Waals surface area contributed by atoms with Crippen LogP contribution in [0, 0.1) is 5.92 Å². The van der Waals surface area contributed by atoms with Gasteiger partial charge in [0.2, 0.25) is 17.7 Å². The Morgan fingerprint density at radius 1 is 1.00 bits per heavy atom. The minimum atomic E-state index is -0.689. The monoisotopic (exact) mass is 517 g/mol. The lowest BCUT2D eigenvalue weighted by Gasteiger charge is -2.33. The van der Waals surface area contributed by atoms with E-state index in [1.807, 2.05) is 67.6 Å². The zero-order valence-electron chi connectivity index (χ0n) is 22.4. The minimum absolute atomic E-state index is 0.0152. The predicted octanol–water partition coefficient (Wildman–Crippen LogP) is 1.41. The van der Waals surface area contributed by atoms with E-state index in [0.29, 0.717) is 25.8 Å². The zero-order valence-corrected chi connectivity index (χ0v) is 22.4. The van der Waals surface area contributed by atoms with Crippen molar-refractivity contribution in [1.29, 1.82) is 0 Å². The van der Waals surface area contributed by atoms with Crippen molar-refractivity contribution < 1.29 is 14.4 Å². The fourth-order valence-electron chi connectivity index (χ4n) is 6.06. The van der Waals surface area contributed by atoms with Crippen molar-refractivity contribution in [3.05, 3.63) is 71.8 Å². The highest BCUT2D eigenvalue weighted by atomic mass is 16.2. The van der Waals surface area contributed by atoms with Crippen LogP contribution in [0.1, 0.15) is 62.6 Å². The summed E-state index contributed by atoms with van der Waals surface area (Å²) in [5, 5.41) is 9.29. The van der Waals surface area contributed by atoms with Crippen LogP contribution < -0.4 is 21.6 Å². The van der Waals surface area contributed by atoms with E-state index in [-0.39, 0.29) is 41.8 Å². The van der Waals surface area contributed by atoms with E-state index in [2.05, 4.69) is 15.9 Å². The maximum Gasteiger partial charge on any atom is 0.246 e. The van der Waals surface area contributed by atoms with Crippen LogP contribution in [0.4, 0.5) is 0 Å². The smallest absolute Gasteiger partial charge is 0.246 e. The molecule has 202 valence electrons. The summed E-state index contributed by atoms with van der Waals surface area (Å²) in [7, 11) is 1.74. The molecule has 0 bridgehead atoms. The Bertz CT molecular complexity index is 1040. The highest BCUT2D eigenvalue weighted by Crippen LogP contribution is 2.35. The zero-order chi connectivity index (χ0) is 27.1. The second-order valence-electron chi connectivity index (χ2n) is 10.4. The molecule has 5 N–H and O–H groups in total. The minimum Gasteiger partial charge on any atom is -0.352 e. The number of nitrogens with zero attached hydrogens (tertiary/aromatic N) is 1. The van der Waals surface area contributed by atoms with Crippen LogP contribution in [0.15, 0.2) is 60.7 Å². The summed E-state index contributed by atoms with van der Waals surface area (Å²) in [5.74, 6) is -0.579. The summed E-state index contributed by atoms with van der Waals surface area (Å²) in [5.41, 5.74) is 7.87. The van der Waals surface area contributed by atoms with Crippen LogP contribution in [0.2, 0.25) is 0 Å². The number of carbonyl (C=O) groups is 3. The molecule has 38 heavy (non-hydrogen) atoms. The van der Waals surface area contributed by atoms with Crippen LogP contribution in [0.3, 0.4) is 0 Å². The van der Waals surface area contributed by atoms with Gasteiger partial charge < -0.3 is 26.5 Å². The molecule has 4 rings (SSSR count). The Labute approximate surface area is 226 Å². The summed E-state index contributed by atoms with van der Waals surface area (Å²) >= 11 is 0. The topological polar surface area (TPSA) is 117 Å². The quantitative estimate of drug-likeness (QED) is 0.356. The lowest BCUT2D eigenvalue weighted by Crippen LogP contribution is -2.58. The number of rotatable bonds is 10. The molecule has 0 saturated carbocycles. The van der Waals surface area contributed by atoms with Gasteiger partial charge in [0.05, 0.1) is 12.1 Å². The lowest BCUT2D eigenvalue weighted by atomic mass is 9.90. The van der Waals surface area contributed by atoms with E-state index in [9.17, 15) is 14.4 Å². The molecule has 0 aromatic heterocycles. The number of hydrogen-bond donors (Lipinski definition) is 4. The molecule has 2 aliphatic heterocycles. The molecule has 2 heterocycles. The first-order chi connectivity index (χ1) is 18.5. The van der Waals surface area contributed by atoms with E-state index < -0.39 is 12.1 Å². The summed E-state index contributed by atoms with van der Waals surface area (Å²) in [4.78, 5) is 42.6. The first-order valence-corrected chi connectivity index (χ1v) is 13.9. The first kappa shape index (κ1) is 27.9. The van der Waals surface area contributed by atoms with Crippen molar-refractivity contribution in [3.8, 4) is 0 Å². The van der Waals surface area contributed by atoms with E-state index in [1.165, 1.54) is 0 Å². The van der Waals surface area contributed by atoms with Crippen molar-refractivity contribution in [2.45, 2.75) is 75.7 Å².